The second-order valence-electron chi connectivity index (χ2n) is 5.77. The zero-order valence-corrected chi connectivity index (χ0v) is 15.0. The zero-order valence-electron chi connectivity index (χ0n) is 14.2. The van der Waals surface area contributed by atoms with E-state index >= 15 is 0 Å². The molecule has 5 heteroatoms. The fourth-order valence-electron chi connectivity index (χ4n) is 2.66. The lowest BCUT2D eigenvalue weighted by molar-refractivity contribution is 0.480. The average Bonchev–Trinajstić information content (AvgIpc) is 3.13. The summed E-state index contributed by atoms with van der Waals surface area (Å²) in [4.78, 5) is 4.47. The van der Waals surface area contributed by atoms with Gasteiger partial charge in [0.15, 0.2) is 0 Å². The fourth-order valence-corrected chi connectivity index (χ4v) is 3.62. The van der Waals surface area contributed by atoms with E-state index in [0.717, 1.165) is 10.2 Å². The third kappa shape index (κ3) is 3.52. The molecule has 4 nitrogen and oxygen atoms in total. The number of rotatable bonds is 4. The van der Waals surface area contributed by atoms with Crippen LogP contribution in [0.5, 0.6) is 11.5 Å². The van der Waals surface area contributed by atoms with E-state index in [4.69, 9.17) is 4.74 Å². The van der Waals surface area contributed by atoms with Crippen LogP contribution in [0.25, 0.3) is 21.5 Å². The van der Waals surface area contributed by atoms with E-state index in [1.807, 2.05) is 54.6 Å². The quantitative estimate of drug-likeness (QED) is 0.351. The first-order chi connectivity index (χ1) is 13.2. The van der Waals surface area contributed by atoms with E-state index in [1.165, 1.54) is 11.3 Å². The van der Waals surface area contributed by atoms with Crippen molar-refractivity contribution in [2.75, 3.05) is 0 Å². The smallest absolute Gasteiger partial charge is 0.143 e. The molecule has 130 valence electrons. The highest BCUT2D eigenvalue weighted by molar-refractivity contribution is 7.19. The lowest BCUT2D eigenvalue weighted by Crippen LogP contribution is -1.91. The number of aromatic nitrogens is 1. The van der Waals surface area contributed by atoms with Crippen molar-refractivity contribution in [2.24, 2.45) is 0 Å². The summed E-state index contributed by atoms with van der Waals surface area (Å²) in [6.45, 7) is 0. The predicted octanol–water partition coefficient (Wildman–Crippen LogP) is 6.04. The number of fused-ring (bicyclic) bond motifs is 1. The van der Waals surface area contributed by atoms with E-state index in [0.29, 0.717) is 22.1 Å². The molecule has 0 unspecified atom stereocenters. The summed E-state index contributed by atoms with van der Waals surface area (Å²) in [7, 11) is 0. The van der Waals surface area contributed by atoms with E-state index in [-0.39, 0.29) is 11.3 Å². The van der Waals surface area contributed by atoms with Crippen LogP contribution in [0.4, 0.5) is 0 Å². The Hall–Kier alpha value is -3.62. The summed E-state index contributed by atoms with van der Waals surface area (Å²) >= 11 is 1.38. The first-order valence-electron chi connectivity index (χ1n) is 8.27. The number of nitrogens with zero attached hydrogens (tertiary/aromatic N) is 2. The van der Waals surface area contributed by atoms with Gasteiger partial charge >= 0.3 is 0 Å². The Balaban J connectivity index is 1.72. The fraction of sp³-hybridized carbons (Fsp3) is 0. The van der Waals surface area contributed by atoms with Crippen LogP contribution in [-0.2, 0) is 0 Å². The Morgan fingerprint density at radius 1 is 0.926 bits per heavy atom. The summed E-state index contributed by atoms with van der Waals surface area (Å²) in [6, 6.07) is 26.1. The van der Waals surface area contributed by atoms with E-state index in [2.05, 4.69) is 11.1 Å². The van der Waals surface area contributed by atoms with Gasteiger partial charge in [0.25, 0.3) is 0 Å². The molecule has 0 bridgehead atoms. The minimum absolute atomic E-state index is 0.116. The molecule has 0 saturated carbocycles. The van der Waals surface area contributed by atoms with Crippen LogP contribution in [0.1, 0.15) is 10.6 Å². The van der Waals surface area contributed by atoms with Crippen molar-refractivity contribution in [3.05, 3.63) is 89.4 Å². The van der Waals surface area contributed by atoms with Crippen LogP contribution in [0.15, 0.2) is 78.9 Å². The van der Waals surface area contributed by atoms with Gasteiger partial charge in [-0.3, -0.25) is 0 Å². The third-order valence-electron chi connectivity index (χ3n) is 3.94. The molecular weight excluding hydrogens is 356 g/mol. The predicted molar refractivity (Wildman–Crippen MR) is 108 cm³/mol. The molecule has 27 heavy (non-hydrogen) atoms. The van der Waals surface area contributed by atoms with E-state index in [9.17, 15) is 10.4 Å². The number of benzene rings is 3. The summed E-state index contributed by atoms with van der Waals surface area (Å²) < 4.78 is 6.77. The molecule has 0 aliphatic rings. The summed E-state index contributed by atoms with van der Waals surface area (Å²) in [6.07, 6.45) is 0. The molecule has 4 rings (SSSR count). The number of para-hydroxylation sites is 2. The molecule has 0 saturated heterocycles. The number of hydrogen-bond donors (Lipinski definition) is 1. The molecule has 4 aromatic rings. The normalized spacial score (nSPS) is 11.7. The van der Waals surface area contributed by atoms with Crippen LogP contribution in [0, 0.1) is 11.3 Å². The summed E-state index contributed by atoms with van der Waals surface area (Å²) in [5.41, 5.74) is 1.45. The van der Waals surface area contributed by atoms with E-state index in [1.54, 1.807) is 24.3 Å². The Kier molecular flexibility index (Phi) is 4.56. The number of nitriles is 1. The molecule has 0 fully saturated rings. The van der Waals surface area contributed by atoms with Crippen molar-refractivity contribution in [2.45, 2.75) is 0 Å². The number of ether oxygens (including phenoxy) is 1. The van der Waals surface area contributed by atoms with Crippen LogP contribution in [-0.4, -0.2) is 10.1 Å². The standard InChI is InChI=1S/C22H14N2O2S/c23-14-18(22-24-19-11-4-5-12-20(19)27-22)21(25)15-7-6-10-17(13-15)26-16-8-2-1-3-9-16/h1-13,25H/b21-18-. The van der Waals surface area contributed by atoms with Gasteiger partial charge in [0.2, 0.25) is 0 Å². The van der Waals surface area contributed by atoms with Gasteiger partial charge in [0.1, 0.15) is 33.9 Å². The molecule has 0 aliphatic heterocycles. The van der Waals surface area contributed by atoms with Gasteiger partial charge in [-0.1, -0.05) is 42.5 Å². The van der Waals surface area contributed by atoms with Gasteiger partial charge in [-0.2, -0.15) is 5.26 Å². The first-order valence-corrected chi connectivity index (χ1v) is 9.09. The van der Waals surface area contributed by atoms with E-state index < -0.39 is 0 Å². The highest BCUT2D eigenvalue weighted by atomic mass is 32.1. The maximum atomic E-state index is 10.7. The van der Waals surface area contributed by atoms with Gasteiger partial charge in [-0.25, -0.2) is 4.98 Å². The monoisotopic (exact) mass is 370 g/mol. The summed E-state index contributed by atoms with van der Waals surface area (Å²) in [5, 5.41) is 20.8. The number of aliphatic hydroxyl groups excluding tert-OH is 1. The first kappa shape index (κ1) is 16.8. The minimum Gasteiger partial charge on any atom is -0.506 e. The van der Waals surface area contributed by atoms with Crippen LogP contribution < -0.4 is 4.74 Å². The second-order valence-corrected chi connectivity index (χ2v) is 6.80. The molecule has 0 aliphatic carbocycles. The molecule has 1 aromatic heterocycles. The minimum atomic E-state index is -0.116. The van der Waals surface area contributed by atoms with Crippen molar-refractivity contribution >= 4 is 32.9 Å². The molecular formula is C22H14N2O2S. The Bertz CT molecular complexity index is 1140. The SMILES string of the molecule is N#C/C(=C(/O)c1cccc(Oc2ccccc2)c1)c1nc2ccccc2s1. The van der Waals surface area contributed by atoms with Crippen LogP contribution >= 0.6 is 11.3 Å². The average molecular weight is 370 g/mol. The molecule has 0 spiro atoms. The number of aliphatic hydroxyl groups is 1. The molecule has 0 atom stereocenters. The molecule has 1 N–H and O–H groups in total. The van der Waals surface area contributed by atoms with Crippen molar-refractivity contribution in [1.82, 2.24) is 4.98 Å². The van der Waals surface area contributed by atoms with Gasteiger partial charge in [0.05, 0.1) is 10.2 Å². The van der Waals surface area contributed by atoms with Crippen LogP contribution in [0.3, 0.4) is 0 Å². The van der Waals surface area contributed by atoms with Crippen molar-refractivity contribution < 1.29 is 9.84 Å². The lowest BCUT2D eigenvalue weighted by atomic mass is 10.1. The maximum absolute atomic E-state index is 10.7. The van der Waals surface area contributed by atoms with Gasteiger partial charge in [0, 0.05) is 5.56 Å². The summed E-state index contributed by atoms with van der Waals surface area (Å²) in [5.74, 6) is 1.16. The molecule has 3 aromatic carbocycles. The zero-order chi connectivity index (χ0) is 18.6. The Morgan fingerprint density at radius 2 is 1.67 bits per heavy atom. The third-order valence-corrected chi connectivity index (χ3v) is 5.00. The number of thiazole rings is 1. The van der Waals surface area contributed by atoms with Crippen molar-refractivity contribution in [1.29, 1.82) is 5.26 Å². The van der Waals surface area contributed by atoms with Gasteiger partial charge < -0.3 is 9.84 Å². The molecule has 1 heterocycles. The topological polar surface area (TPSA) is 66.1 Å². The highest BCUT2D eigenvalue weighted by Gasteiger charge is 2.15. The van der Waals surface area contributed by atoms with Gasteiger partial charge in [-0.05, 0) is 36.4 Å². The Morgan fingerprint density at radius 3 is 2.44 bits per heavy atom. The highest BCUT2D eigenvalue weighted by Crippen LogP contribution is 2.32. The Labute approximate surface area is 160 Å². The van der Waals surface area contributed by atoms with Gasteiger partial charge in [-0.15, -0.1) is 11.3 Å². The number of hydrogen-bond acceptors (Lipinski definition) is 5. The molecule has 0 amide bonds. The second kappa shape index (κ2) is 7.32. The molecule has 0 radical (unpaired) electrons. The lowest BCUT2D eigenvalue weighted by Gasteiger charge is -2.08. The van der Waals surface area contributed by atoms with Crippen molar-refractivity contribution in [3.63, 3.8) is 0 Å². The maximum Gasteiger partial charge on any atom is 0.143 e. The van der Waals surface area contributed by atoms with Crippen LogP contribution in [0.2, 0.25) is 0 Å². The largest absolute Gasteiger partial charge is 0.506 e. The van der Waals surface area contributed by atoms with Crippen molar-refractivity contribution in [3.8, 4) is 17.6 Å². The number of allylic oxidation sites excluding steroid dienone is 1.